The fraction of sp³-hybridized carbons (Fsp3) is 0.533. The highest BCUT2D eigenvalue weighted by atomic mass is 35.5. The molecule has 5 heteroatoms. The van der Waals surface area contributed by atoms with E-state index >= 15 is 0 Å². The van der Waals surface area contributed by atoms with E-state index < -0.39 is 5.41 Å². The fourth-order valence-electron chi connectivity index (χ4n) is 2.61. The lowest BCUT2D eigenvalue weighted by molar-refractivity contribution is -0.133. The maximum absolute atomic E-state index is 12.6. The first kappa shape index (κ1) is 15.3. The molecule has 1 aromatic rings. The molecule has 1 aromatic carbocycles. The number of hydrogen-bond donors (Lipinski definition) is 2. The second-order valence-electron chi connectivity index (χ2n) is 5.39. The van der Waals surface area contributed by atoms with Crippen LogP contribution < -0.4 is 10.6 Å². The summed E-state index contributed by atoms with van der Waals surface area (Å²) in [5.74, 6) is 0.0387. The van der Waals surface area contributed by atoms with Crippen LogP contribution in [0.2, 0.25) is 5.02 Å². The molecule has 2 rings (SSSR count). The number of hydrogen-bond acceptors (Lipinski definition) is 3. The van der Waals surface area contributed by atoms with Crippen LogP contribution in [0.25, 0.3) is 0 Å². The number of carbonyl (C=O) groups is 1. The molecule has 0 bridgehead atoms. The summed E-state index contributed by atoms with van der Waals surface area (Å²) in [6.07, 6.45) is 0.801. The molecule has 1 heterocycles. The quantitative estimate of drug-likeness (QED) is 0.875. The maximum atomic E-state index is 12.6. The molecule has 1 saturated heterocycles. The number of rotatable bonds is 5. The summed E-state index contributed by atoms with van der Waals surface area (Å²) < 4.78 is 5.23. The Hall–Kier alpha value is -1.10. The molecule has 4 nitrogen and oxygen atoms in total. The van der Waals surface area contributed by atoms with Crippen molar-refractivity contribution in [1.29, 1.82) is 0 Å². The topological polar surface area (TPSA) is 50.4 Å². The smallest absolute Gasteiger partial charge is 0.230 e. The third kappa shape index (κ3) is 3.32. The van der Waals surface area contributed by atoms with Gasteiger partial charge < -0.3 is 15.4 Å². The summed E-state index contributed by atoms with van der Waals surface area (Å²) in [6, 6.07) is 7.49. The van der Waals surface area contributed by atoms with E-state index in [-0.39, 0.29) is 11.9 Å². The summed E-state index contributed by atoms with van der Waals surface area (Å²) in [7, 11) is 1.63. The van der Waals surface area contributed by atoms with E-state index in [0.29, 0.717) is 18.2 Å². The monoisotopic (exact) mass is 296 g/mol. The maximum Gasteiger partial charge on any atom is 0.230 e. The van der Waals surface area contributed by atoms with Gasteiger partial charge in [-0.2, -0.15) is 0 Å². The van der Waals surface area contributed by atoms with Crippen molar-refractivity contribution in [2.24, 2.45) is 5.41 Å². The van der Waals surface area contributed by atoms with E-state index in [0.717, 1.165) is 18.5 Å². The van der Waals surface area contributed by atoms with Crippen molar-refractivity contribution in [3.05, 3.63) is 34.9 Å². The summed E-state index contributed by atoms with van der Waals surface area (Å²) in [5, 5.41) is 6.99. The van der Waals surface area contributed by atoms with Crippen LogP contribution in [0.1, 0.15) is 24.9 Å². The molecule has 0 aliphatic carbocycles. The molecular formula is C15H21ClN2O2. The van der Waals surface area contributed by atoms with E-state index in [9.17, 15) is 4.79 Å². The molecule has 2 N–H and O–H groups in total. The molecule has 0 spiro atoms. The average molecular weight is 297 g/mol. The van der Waals surface area contributed by atoms with Crippen LogP contribution in [0, 0.1) is 5.41 Å². The molecule has 110 valence electrons. The lowest BCUT2D eigenvalue weighted by atomic mass is 9.86. The molecule has 1 aliphatic rings. The largest absolute Gasteiger partial charge is 0.384 e. The number of ether oxygens (including phenoxy) is 1. The van der Waals surface area contributed by atoms with Gasteiger partial charge in [-0.1, -0.05) is 23.7 Å². The van der Waals surface area contributed by atoms with Gasteiger partial charge in [0.1, 0.15) is 0 Å². The summed E-state index contributed by atoms with van der Waals surface area (Å²) >= 11 is 5.99. The van der Waals surface area contributed by atoms with Gasteiger partial charge in [-0.15, -0.1) is 0 Å². The lowest BCUT2D eigenvalue weighted by Gasteiger charge is -2.28. The molecule has 1 unspecified atom stereocenters. The van der Waals surface area contributed by atoms with Crippen molar-refractivity contribution >= 4 is 17.5 Å². The molecule has 20 heavy (non-hydrogen) atoms. The minimum Gasteiger partial charge on any atom is -0.384 e. The predicted octanol–water partition coefficient (Wildman–Crippen LogP) is 2.14. The van der Waals surface area contributed by atoms with Crippen LogP contribution in [0.3, 0.4) is 0 Å². The van der Waals surface area contributed by atoms with Crippen molar-refractivity contribution in [1.82, 2.24) is 10.6 Å². The molecule has 0 radical (unpaired) electrons. The van der Waals surface area contributed by atoms with Crippen LogP contribution in [0.4, 0.5) is 0 Å². The van der Waals surface area contributed by atoms with Gasteiger partial charge in [-0.25, -0.2) is 0 Å². The second-order valence-corrected chi connectivity index (χ2v) is 5.83. The van der Waals surface area contributed by atoms with Crippen molar-refractivity contribution in [2.45, 2.75) is 19.4 Å². The number of benzene rings is 1. The normalized spacial score (nSPS) is 23.6. The highest BCUT2D eigenvalue weighted by Gasteiger charge is 2.41. The number of amides is 1. The zero-order valence-electron chi connectivity index (χ0n) is 11.9. The molecule has 2 atom stereocenters. The Labute approximate surface area is 124 Å². The lowest BCUT2D eigenvalue weighted by Crippen LogP contribution is -2.46. The molecule has 0 aromatic heterocycles. The van der Waals surface area contributed by atoms with Gasteiger partial charge >= 0.3 is 0 Å². The van der Waals surface area contributed by atoms with E-state index in [4.69, 9.17) is 16.3 Å². The van der Waals surface area contributed by atoms with Gasteiger partial charge in [0.05, 0.1) is 18.1 Å². The number of methoxy groups -OCH3 is 1. The molecule has 1 aliphatic heterocycles. The Morgan fingerprint density at radius 2 is 2.40 bits per heavy atom. The molecule has 1 fully saturated rings. The van der Waals surface area contributed by atoms with Gasteiger partial charge in [0.25, 0.3) is 0 Å². The summed E-state index contributed by atoms with van der Waals surface area (Å²) in [5.41, 5.74) is 0.547. The van der Waals surface area contributed by atoms with Gasteiger partial charge in [0.2, 0.25) is 5.91 Å². The first-order valence-corrected chi connectivity index (χ1v) is 7.21. The first-order chi connectivity index (χ1) is 9.57. The predicted molar refractivity (Wildman–Crippen MR) is 79.8 cm³/mol. The van der Waals surface area contributed by atoms with E-state index in [1.54, 1.807) is 7.11 Å². The van der Waals surface area contributed by atoms with Gasteiger partial charge in [-0.05, 0) is 37.6 Å². The highest BCUT2D eigenvalue weighted by molar-refractivity contribution is 6.30. The van der Waals surface area contributed by atoms with Crippen LogP contribution in [-0.2, 0) is 9.53 Å². The van der Waals surface area contributed by atoms with Crippen LogP contribution in [0.5, 0.6) is 0 Å². The summed E-state index contributed by atoms with van der Waals surface area (Å²) in [4.78, 5) is 12.6. The van der Waals surface area contributed by atoms with Gasteiger partial charge in [0.15, 0.2) is 0 Å². The second kappa shape index (κ2) is 6.57. The minimum atomic E-state index is -0.457. The Morgan fingerprint density at radius 1 is 1.60 bits per heavy atom. The van der Waals surface area contributed by atoms with Crippen LogP contribution in [-0.4, -0.2) is 32.7 Å². The van der Waals surface area contributed by atoms with Crippen molar-refractivity contribution in [2.75, 3.05) is 26.8 Å². The zero-order chi connectivity index (χ0) is 14.6. The Morgan fingerprint density at radius 3 is 3.00 bits per heavy atom. The van der Waals surface area contributed by atoms with Crippen LogP contribution >= 0.6 is 11.6 Å². The minimum absolute atomic E-state index is 0.0387. The Bertz CT molecular complexity index is 473. The third-order valence-electron chi connectivity index (χ3n) is 3.84. The van der Waals surface area contributed by atoms with Gasteiger partial charge in [-0.3, -0.25) is 4.79 Å². The average Bonchev–Trinajstić information content (AvgIpc) is 2.89. The molecule has 0 saturated carbocycles. The number of nitrogens with one attached hydrogen (secondary N) is 2. The summed E-state index contributed by atoms with van der Waals surface area (Å²) in [6.45, 7) is 3.91. The third-order valence-corrected chi connectivity index (χ3v) is 4.08. The van der Waals surface area contributed by atoms with Gasteiger partial charge in [0, 0.05) is 18.7 Å². The highest BCUT2D eigenvalue weighted by Crippen LogP contribution is 2.27. The fourth-order valence-corrected chi connectivity index (χ4v) is 2.81. The van der Waals surface area contributed by atoms with Crippen LogP contribution in [0.15, 0.2) is 24.3 Å². The Kier molecular flexibility index (Phi) is 5.02. The number of halogens is 1. The van der Waals surface area contributed by atoms with Crippen molar-refractivity contribution in [3.63, 3.8) is 0 Å². The van der Waals surface area contributed by atoms with E-state index in [1.807, 2.05) is 31.2 Å². The first-order valence-electron chi connectivity index (χ1n) is 6.83. The van der Waals surface area contributed by atoms with Crippen molar-refractivity contribution in [3.8, 4) is 0 Å². The number of carbonyl (C=O) groups excluding carboxylic acids is 1. The van der Waals surface area contributed by atoms with E-state index in [2.05, 4.69) is 10.6 Å². The van der Waals surface area contributed by atoms with Crippen molar-refractivity contribution < 1.29 is 9.53 Å². The molecule has 1 amide bonds. The zero-order valence-corrected chi connectivity index (χ0v) is 12.7. The molecular weight excluding hydrogens is 276 g/mol. The SMILES string of the molecule is COCC1(C(=O)N[C@H](C)c2cccc(Cl)c2)CCNC1. The standard InChI is InChI=1S/C15H21ClN2O2/c1-11(12-4-3-5-13(16)8-12)18-14(19)15(10-20-2)6-7-17-9-15/h3-5,8,11,17H,6-7,9-10H2,1-2H3,(H,18,19)/t11-,15?/m1/s1. The Balaban J connectivity index is 2.06. The van der Waals surface area contributed by atoms with E-state index in [1.165, 1.54) is 0 Å².